The van der Waals surface area contributed by atoms with E-state index in [1.807, 2.05) is 0 Å². The monoisotopic (exact) mass is 375 g/mol. The zero-order valence-corrected chi connectivity index (χ0v) is 14.8. The van der Waals surface area contributed by atoms with Gasteiger partial charge >= 0.3 is 0 Å². The van der Waals surface area contributed by atoms with Crippen molar-refractivity contribution in [2.24, 2.45) is 10.7 Å². The highest BCUT2D eigenvalue weighted by molar-refractivity contribution is 14.0. The minimum absolute atomic E-state index is 0. The largest absolute Gasteiger partial charge is 0.370 e. The van der Waals surface area contributed by atoms with Gasteiger partial charge in [-0.05, 0) is 50.8 Å². The molecular formula is C15H26IN3. The number of nitrogens with two attached hydrogens (primary N) is 1. The highest BCUT2D eigenvalue weighted by Gasteiger charge is 2.03. The SMILES string of the molecule is CCN(CC)C(N)=NCCc1c(C)cccc1C.I. The van der Waals surface area contributed by atoms with Gasteiger partial charge in [0.25, 0.3) is 0 Å². The fraction of sp³-hybridized carbons (Fsp3) is 0.533. The Morgan fingerprint density at radius 3 is 2.16 bits per heavy atom. The molecule has 0 unspecified atom stereocenters. The number of hydrogen-bond acceptors (Lipinski definition) is 1. The Morgan fingerprint density at radius 2 is 1.68 bits per heavy atom. The number of nitrogens with zero attached hydrogens (tertiary/aromatic N) is 2. The van der Waals surface area contributed by atoms with Crippen LogP contribution in [0.5, 0.6) is 0 Å². The standard InChI is InChI=1S/C15H25N3.HI/c1-5-18(6-2)15(16)17-11-10-14-12(3)8-7-9-13(14)4;/h7-9H,5-6,10-11H2,1-4H3,(H2,16,17);1H. The van der Waals surface area contributed by atoms with Crippen molar-refractivity contribution < 1.29 is 0 Å². The van der Waals surface area contributed by atoms with Gasteiger partial charge in [-0.15, -0.1) is 24.0 Å². The molecule has 0 spiro atoms. The second-order valence-corrected chi connectivity index (χ2v) is 4.53. The third kappa shape index (κ3) is 5.38. The quantitative estimate of drug-likeness (QED) is 0.488. The lowest BCUT2D eigenvalue weighted by Gasteiger charge is -2.19. The molecule has 0 aliphatic rings. The molecular weight excluding hydrogens is 349 g/mol. The van der Waals surface area contributed by atoms with Crippen LogP contribution >= 0.6 is 24.0 Å². The van der Waals surface area contributed by atoms with E-state index in [9.17, 15) is 0 Å². The van der Waals surface area contributed by atoms with E-state index in [0.717, 1.165) is 26.1 Å². The molecule has 2 N–H and O–H groups in total. The lowest BCUT2D eigenvalue weighted by molar-refractivity contribution is 0.458. The first kappa shape index (κ1) is 18.2. The molecule has 0 aliphatic heterocycles. The number of halogens is 1. The number of rotatable bonds is 5. The molecule has 19 heavy (non-hydrogen) atoms. The van der Waals surface area contributed by atoms with Crippen LogP contribution in [0.3, 0.4) is 0 Å². The summed E-state index contributed by atoms with van der Waals surface area (Å²) in [6.07, 6.45) is 0.959. The maximum Gasteiger partial charge on any atom is 0.191 e. The summed E-state index contributed by atoms with van der Waals surface area (Å²) >= 11 is 0. The minimum Gasteiger partial charge on any atom is -0.370 e. The van der Waals surface area contributed by atoms with Gasteiger partial charge in [0.2, 0.25) is 0 Å². The second kappa shape index (κ2) is 9.18. The van der Waals surface area contributed by atoms with Crippen molar-refractivity contribution in [1.29, 1.82) is 0 Å². The maximum atomic E-state index is 5.96. The third-order valence-corrected chi connectivity index (χ3v) is 3.37. The van der Waals surface area contributed by atoms with Crippen LogP contribution in [0.1, 0.15) is 30.5 Å². The number of aliphatic imine (C=N–C) groups is 1. The zero-order valence-electron chi connectivity index (χ0n) is 12.4. The topological polar surface area (TPSA) is 41.6 Å². The van der Waals surface area contributed by atoms with Crippen molar-refractivity contribution in [2.45, 2.75) is 34.1 Å². The van der Waals surface area contributed by atoms with Gasteiger partial charge < -0.3 is 10.6 Å². The summed E-state index contributed by atoms with van der Waals surface area (Å²) in [7, 11) is 0. The molecule has 108 valence electrons. The van der Waals surface area contributed by atoms with E-state index in [2.05, 4.69) is 55.8 Å². The van der Waals surface area contributed by atoms with E-state index in [1.54, 1.807) is 0 Å². The fourth-order valence-electron chi connectivity index (χ4n) is 2.17. The van der Waals surface area contributed by atoms with Crippen molar-refractivity contribution in [3.05, 3.63) is 34.9 Å². The van der Waals surface area contributed by atoms with Crippen LogP contribution in [0, 0.1) is 13.8 Å². The van der Waals surface area contributed by atoms with Crippen LogP contribution in [-0.2, 0) is 6.42 Å². The smallest absolute Gasteiger partial charge is 0.191 e. The number of benzene rings is 1. The van der Waals surface area contributed by atoms with Gasteiger partial charge in [-0.1, -0.05) is 18.2 Å². The Morgan fingerprint density at radius 1 is 1.16 bits per heavy atom. The van der Waals surface area contributed by atoms with Gasteiger partial charge in [-0.3, -0.25) is 4.99 Å². The Kier molecular flexibility index (Phi) is 8.80. The molecule has 0 atom stereocenters. The van der Waals surface area contributed by atoms with Crippen molar-refractivity contribution in [1.82, 2.24) is 4.90 Å². The number of guanidine groups is 1. The molecule has 1 aromatic carbocycles. The van der Waals surface area contributed by atoms with Crippen molar-refractivity contribution in [2.75, 3.05) is 19.6 Å². The molecule has 0 amide bonds. The van der Waals surface area contributed by atoms with Gasteiger partial charge in [0.15, 0.2) is 5.96 Å². The Bertz CT molecular complexity index is 392. The van der Waals surface area contributed by atoms with Gasteiger partial charge in [-0.2, -0.15) is 0 Å². The Labute approximate surface area is 134 Å². The van der Waals surface area contributed by atoms with E-state index in [0.29, 0.717) is 5.96 Å². The molecule has 0 radical (unpaired) electrons. The van der Waals surface area contributed by atoms with Crippen molar-refractivity contribution in [3.8, 4) is 0 Å². The van der Waals surface area contributed by atoms with Gasteiger partial charge in [-0.25, -0.2) is 0 Å². The average Bonchev–Trinajstić information content (AvgIpc) is 2.34. The summed E-state index contributed by atoms with van der Waals surface area (Å²) in [5.74, 6) is 0.659. The van der Waals surface area contributed by atoms with Crippen LogP contribution in [0.25, 0.3) is 0 Å². The first-order valence-electron chi connectivity index (χ1n) is 6.70. The van der Waals surface area contributed by atoms with Crippen molar-refractivity contribution in [3.63, 3.8) is 0 Å². The molecule has 3 nitrogen and oxygen atoms in total. The van der Waals surface area contributed by atoms with E-state index in [1.165, 1.54) is 16.7 Å². The predicted octanol–water partition coefficient (Wildman–Crippen LogP) is 3.12. The number of aryl methyl sites for hydroxylation is 2. The Hall–Kier alpha value is -0.780. The molecule has 1 aromatic rings. The zero-order chi connectivity index (χ0) is 13.5. The molecule has 0 saturated heterocycles. The van der Waals surface area contributed by atoms with Crippen LogP contribution < -0.4 is 5.73 Å². The molecule has 0 aromatic heterocycles. The third-order valence-electron chi connectivity index (χ3n) is 3.37. The first-order valence-corrected chi connectivity index (χ1v) is 6.70. The van der Waals surface area contributed by atoms with Gasteiger partial charge in [0.05, 0.1) is 0 Å². The van der Waals surface area contributed by atoms with E-state index in [-0.39, 0.29) is 24.0 Å². The summed E-state index contributed by atoms with van der Waals surface area (Å²) < 4.78 is 0. The molecule has 0 fully saturated rings. The lowest BCUT2D eigenvalue weighted by atomic mass is 10.0. The molecule has 4 heteroatoms. The van der Waals surface area contributed by atoms with Crippen LogP contribution in [0.15, 0.2) is 23.2 Å². The summed E-state index contributed by atoms with van der Waals surface area (Å²) in [4.78, 5) is 6.54. The van der Waals surface area contributed by atoms with Crippen LogP contribution in [-0.4, -0.2) is 30.5 Å². The van der Waals surface area contributed by atoms with Gasteiger partial charge in [0, 0.05) is 19.6 Å². The van der Waals surface area contributed by atoms with Crippen molar-refractivity contribution >= 4 is 29.9 Å². The molecule has 0 saturated carbocycles. The predicted molar refractivity (Wildman–Crippen MR) is 94.4 cm³/mol. The van der Waals surface area contributed by atoms with E-state index in [4.69, 9.17) is 5.73 Å². The van der Waals surface area contributed by atoms with Crippen LogP contribution in [0.2, 0.25) is 0 Å². The molecule has 1 rings (SSSR count). The van der Waals surface area contributed by atoms with E-state index < -0.39 is 0 Å². The molecule has 0 aliphatic carbocycles. The highest BCUT2D eigenvalue weighted by Crippen LogP contribution is 2.13. The highest BCUT2D eigenvalue weighted by atomic mass is 127. The summed E-state index contributed by atoms with van der Waals surface area (Å²) in [5.41, 5.74) is 10.0. The molecule has 0 bridgehead atoms. The summed E-state index contributed by atoms with van der Waals surface area (Å²) in [6.45, 7) is 11.1. The summed E-state index contributed by atoms with van der Waals surface area (Å²) in [5, 5.41) is 0. The molecule has 0 heterocycles. The fourth-order valence-corrected chi connectivity index (χ4v) is 2.17. The van der Waals surface area contributed by atoms with E-state index >= 15 is 0 Å². The Balaban J connectivity index is 0.00000324. The second-order valence-electron chi connectivity index (χ2n) is 4.53. The number of hydrogen-bond donors (Lipinski definition) is 1. The summed E-state index contributed by atoms with van der Waals surface area (Å²) in [6, 6.07) is 6.40. The van der Waals surface area contributed by atoms with Gasteiger partial charge in [0.1, 0.15) is 0 Å². The first-order chi connectivity index (χ1) is 8.60. The lowest BCUT2D eigenvalue weighted by Crippen LogP contribution is -2.37. The minimum atomic E-state index is 0. The average molecular weight is 375 g/mol. The maximum absolute atomic E-state index is 5.96. The normalized spacial score (nSPS) is 11.1. The van der Waals surface area contributed by atoms with Crippen LogP contribution in [0.4, 0.5) is 0 Å².